The zero-order chi connectivity index (χ0) is 13.9. The van der Waals surface area contributed by atoms with E-state index in [0.717, 1.165) is 6.07 Å². The summed E-state index contributed by atoms with van der Waals surface area (Å²) < 4.78 is 22.2. The van der Waals surface area contributed by atoms with Gasteiger partial charge in [0, 0.05) is 18.7 Å². The van der Waals surface area contributed by atoms with Crippen LogP contribution in [0.4, 0.5) is 11.4 Å². The van der Waals surface area contributed by atoms with Crippen molar-refractivity contribution in [3.05, 3.63) is 28.3 Å². The molecule has 1 aromatic rings. The number of hydrogen-bond donors (Lipinski definition) is 3. The zero-order valence-corrected chi connectivity index (χ0v) is 10.5. The van der Waals surface area contributed by atoms with Crippen molar-refractivity contribution in [3.63, 3.8) is 0 Å². The quantitative estimate of drug-likeness (QED) is 0.509. The summed E-state index contributed by atoms with van der Waals surface area (Å²) in [6.07, 6.45) is 0. The minimum atomic E-state index is -3.96. The third-order valence-electron chi connectivity index (χ3n) is 2.11. The van der Waals surface area contributed by atoms with Crippen molar-refractivity contribution in [1.82, 2.24) is 0 Å². The van der Waals surface area contributed by atoms with Crippen LogP contribution in [0.25, 0.3) is 0 Å². The molecule has 1 rings (SSSR count). The predicted molar refractivity (Wildman–Crippen MR) is 66.6 cm³/mol. The van der Waals surface area contributed by atoms with Gasteiger partial charge in [-0.25, -0.2) is 13.6 Å². The van der Waals surface area contributed by atoms with Crippen molar-refractivity contribution in [2.24, 2.45) is 10.9 Å². The Morgan fingerprint density at radius 3 is 2.56 bits per heavy atom. The van der Waals surface area contributed by atoms with E-state index >= 15 is 0 Å². The summed E-state index contributed by atoms with van der Waals surface area (Å²) in [7, 11) is -3.96. The van der Waals surface area contributed by atoms with Crippen LogP contribution in [0.15, 0.2) is 23.1 Å². The van der Waals surface area contributed by atoms with Gasteiger partial charge >= 0.3 is 0 Å². The van der Waals surface area contributed by atoms with E-state index in [2.05, 4.69) is 5.32 Å². The highest BCUT2D eigenvalue weighted by Gasteiger charge is 2.18. The van der Waals surface area contributed by atoms with E-state index in [1.165, 1.54) is 12.1 Å². The van der Waals surface area contributed by atoms with Crippen molar-refractivity contribution >= 4 is 21.4 Å². The summed E-state index contributed by atoms with van der Waals surface area (Å²) in [5.74, 6) is 0. The fourth-order valence-electron chi connectivity index (χ4n) is 1.26. The second-order valence-electron chi connectivity index (χ2n) is 3.84. The number of rotatable bonds is 5. The number of nitrogens with one attached hydrogen (secondary N) is 1. The van der Waals surface area contributed by atoms with Crippen LogP contribution in [0.3, 0.4) is 0 Å². The average Bonchev–Trinajstić information content (AvgIpc) is 2.24. The van der Waals surface area contributed by atoms with Gasteiger partial charge in [-0.3, -0.25) is 10.1 Å². The number of nitro groups is 1. The Bertz CT molecular complexity index is 556. The summed E-state index contributed by atoms with van der Waals surface area (Å²) in [4.78, 5) is 9.86. The van der Waals surface area contributed by atoms with E-state index < -0.39 is 14.9 Å². The van der Waals surface area contributed by atoms with Gasteiger partial charge in [-0.1, -0.05) is 0 Å². The summed E-state index contributed by atoms with van der Waals surface area (Å²) >= 11 is 0. The van der Waals surface area contributed by atoms with Crippen LogP contribution in [0.5, 0.6) is 0 Å². The Labute approximate surface area is 104 Å². The Hall–Kier alpha value is -1.71. The molecule has 0 fully saturated rings. The van der Waals surface area contributed by atoms with Gasteiger partial charge in [-0.2, -0.15) is 0 Å². The molecule has 8 nitrogen and oxygen atoms in total. The molecular formula is C9H14N4O4S. The molecule has 0 saturated heterocycles. The second-order valence-corrected chi connectivity index (χ2v) is 5.40. The Kier molecular flexibility index (Phi) is 4.22. The smallest absolute Gasteiger partial charge is 0.293 e. The molecule has 0 bridgehead atoms. The monoisotopic (exact) mass is 274 g/mol. The summed E-state index contributed by atoms with van der Waals surface area (Å²) in [5.41, 5.74) is 5.36. The Morgan fingerprint density at radius 1 is 1.50 bits per heavy atom. The molecule has 1 unspecified atom stereocenters. The van der Waals surface area contributed by atoms with Crippen LogP contribution < -0.4 is 16.2 Å². The third kappa shape index (κ3) is 3.65. The lowest BCUT2D eigenvalue weighted by molar-refractivity contribution is -0.384. The average molecular weight is 274 g/mol. The van der Waals surface area contributed by atoms with E-state index in [1.54, 1.807) is 6.92 Å². The van der Waals surface area contributed by atoms with Crippen LogP contribution in [0.1, 0.15) is 6.92 Å². The molecule has 9 heteroatoms. The molecule has 0 heterocycles. The van der Waals surface area contributed by atoms with Crippen molar-refractivity contribution in [2.75, 3.05) is 11.9 Å². The van der Waals surface area contributed by atoms with Crippen LogP contribution >= 0.6 is 0 Å². The maximum atomic E-state index is 11.1. The van der Waals surface area contributed by atoms with Gasteiger partial charge in [0.05, 0.1) is 9.82 Å². The first kappa shape index (κ1) is 14.4. The number of benzene rings is 1. The van der Waals surface area contributed by atoms with Gasteiger partial charge in [0.2, 0.25) is 10.0 Å². The first-order chi connectivity index (χ1) is 8.21. The minimum Gasteiger partial charge on any atom is -0.378 e. The molecule has 1 atom stereocenters. The van der Waals surface area contributed by atoms with Gasteiger partial charge < -0.3 is 11.1 Å². The molecule has 0 aliphatic rings. The molecule has 100 valence electrons. The number of nitrogens with two attached hydrogens (primary N) is 2. The van der Waals surface area contributed by atoms with Crippen molar-refractivity contribution in [3.8, 4) is 0 Å². The molecule has 0 aromatic heterocycles. The number of nitrogens with zero attached hydrogens (tertiary/aromatic N) is 1. The molecule has 0 spiro atoms. The first-order valence-corrected chi connectivity index (χ1v) is 6.57. The SMILES string of the molecule is CC(N)CNc1ccc(S(N)(=O)=O)cc1[N+](=O)[O-]. The maximum absolute atomic E-state index is 11.1. The van der Waals surface area contributed by atoms with E-state index in [9.17, 15) is 18.5 Å². The first-order valence-electron chi connectivity index (χ1n) is 5.02. The topological polar surface area (TPSA) is 141 Å². The number of anilines is 1. The Morgan fingerprint density at radius 2 is 2.11 bits per heavy atom. The molecule has 18 heavy (non-hydrogen) atoms. The van der Waals surface area contributed by atoms with Gasteiger partial charge in [0.25, 0.3) is 5.69 Å². The molecular weight excluding hydrogens is 260 g/mol. The standard InChI is InChI=1S/C9H14N4O4S/c1-6(10)5-12-8-3-2-7(18(11,16)17)4-9(8)13(14)15/h2-4,6,12H,5,10H2,1H3,(H2,11,16,17). The van der Waals surface area contributed by atoms with Crippen molar-refractivity contribution in [2.45, 2.75) is 17.9 Å². The highest BCUT2D eigenvalue weighted by Crippen LogP contribution is 2.26. The van der Waals surface area contributed by atoms with E-state index in [0.29, 0.717) is 6.54 Å². The lowest BCUT2D eigenvalue weighted by atomic mass is 10.2. The summed E-state index contributed by atoms with van der Waals surface area (Å²) in [6.45, 7) is 2.06. The van der Waals surface area contributed by atoms with Crippen molar-refractivity contribution in [1.29, 1.82) is 0 Å². The Balaban J connectivity index is 3.17. The van der Waals surface area contributed by atoms with Crippen LogP contribution in [-0.2, 0) is 10.0 Å². The third-order valence-corrected chi connectivity index (χ3v) is 3.02. The maximum Gasteiger partial charge on any atom is 0.293 e. The number of hydrogen-bond acceptors (Lipinski definition) is 6. The zero-order valence-electron chi connectivity index (χ0n) is 9.66. The summed E-state index contributed by atoms with van der Waals surface area (Å²) in [5, 5.41) is 18.5. The van der Waals surface area contributed by atoms with Gasteiger partial charge in [-0.15, -0.1) is 0 Å². The van der Waals surface area contributed by atoms with E-state index in [1.807, 2.05) is 0 Å². The molecule has 0 amide bonds. The van der Waals surface area contributed by atoms with E-state index in [-0.39, 0.29) is 22.3 Å². The minimum absolute atomic E-state index is 0.192. The lowest BCUT2D eigenvalue weighted by Crippen LogP contribution is -2.25. The van der Waals surface area contributed by atoms with Crippen molar-refractivity contribution < 1.29 is 13.3 Å². The fourth-order valence-corrected chi connectivity index (χ4v) is 1.79. The molecule has 0 radical (unpaired) electrons. The number of sulfonamides is 1. The molecule has 5 N–H and O–H groups in total. The highest BCUT2D eigenvalue weighted by molar-refractivity contribution is 7.89. The highest BCUT2D eigenvalue weighted by atomic mass is 32.2. The van der Waals surface area contributed by atoms with Gasteiger partial charge in [0.15, 0.2) is 0 Å². The van der Waals surface area contributed by atoms with E-state index in [4.69, 9.17) is 10.9 Å². The largest absolute Gasteiger partial charge is 0.378 e. The normalized spacial score (nSPS) is 13.1. The number of nitro benzene ring substituents is 1. The van der Waals surface area contributed by atoms with Crippen LogP contribution in [-0.4, -0.2) is 25.9 Å². The molecule has 0 aliphatic heterocycles. The lowest BCUT2D eigenvalue weighted by Gasteiger charge is -2.10. The van der Waals surface area contributed by atoms with Crippen LogP contribution in [0, 0.1) is 10.1 Å². The summed E-state index contributed by atoms with van der Waals surface area (Å²) in [6, 6.07) is 3.22. The molecule has 0 aliphatic carbocycles. The molecule has 0 saturated carbocycles. The van der Waals surface area contributed by atoms with Gasteiger partial charge in [-0.05, 0) is 19.1 Å². The number of primary sulfonamides is 1. The fraction of sp³-hybridized carbons (Fsp3) is 0.333. The van der Waals surface area contributed by atoms with Crippen LogP contribution in [0.2, 0.25) is 0 Å². The van der Waals surface area contributed by atoms with Gasteiger partial charge in [0.1, 0.15) is 5.69 Å². The second kappa shape index (κ2) is 5.29. The molecule has 1 aromatic carbocycles. The predicted octanol–water partition coefficient (Wildman–Crippen LogP) is 0.00130.